The van der Waals surface area contributed by atoms with Crippen molar-refractivity contribution in [3.05, 3.63) is 80.5 Å². The second-order valence-electron chi connectivity index (χ2n) is 8.88. The number of nitro groups is 1. The number of hydrogen-bond acceptors (Lipinski definition) is 8. The van der Waals surface area contributed by atoms with Crippen LogP contribution in [0, 0.1) is 24.0 Å². The zero-order chi connectivity index (χ0) is 28.6. The summed E-state index contributed by atoms with van der Waals surface area (Å²) in [6.45, 7) is 6.33. The number of phenols is 1. The van der Waals surface area contributed by atoms with E-state index in [1.165, 1.54) is 37.3 Å². The molecular weight excluding hydrogens is 504 g/mol. The molecule has 3 aromatic rings. The van der Waals surface area contributed by atoms with Crippen LogP contribution in [0.2, 0.25) is 0 Å². The Kier molecular flexibility index (Phi) is 6.95. The Morgan fingerprint density at radius 2 is 1.79 bits per heavy atom. The van der Waals surface area contributed by atoms with Gasteiger partial charge in [0.15, 0.2) is 0 Å². The minimum absolute atomic E-state index is 0.0241. The van der Waals surface area contributed by atoms with Gasteiger partial charge in [-0.15, -0.1) is 0 Å². The normalized spacial score (nSPS) is 13.9. The molecule has 39 heavy (non-hydrogen) atoms. The van der Waals surface area contributed by atoms with E-state index in [0.717, 1.165) is 5.01 Å². The minimum atomic E-state index is -0.847. The number of non-ortho nitro benzene ring substituents is 1. The minimum Gasteiger partial charge on any atom is -0.507 e. The monoisotopic (exact) mass is 528 g/mol. The molecule has 198 valence electrons. The van der Waals surface area contributed by atoms with Gasteiger partial charge in [0.25, 0.3) is 17.5 Å². The molecule has 2 heterocycles. The summed E-state index contributed by atoms with van der Waals surface area (Å²) < 4.78 is 0. The van der Waals surface area contributed by atoms with Gasteiger partial charge in [0, 0.05) is 35.9 Å². The number of primary amides is 1. The summed E-state index contributed by atoms with van der Waals surface area (Å²) in [6, 6.07) is 10.0. The molecule has 0 fully saturated rings. The number of hydrazone groups is 1. The quantitative estimate of drug-likeness (QED) is 0.247. The highest BCUT2D eigenvalue weighted by atomic mass is 16.6. The number of benzene rings is 2. The van der Waals surface area contributed by atoms with Crippen LogP contribution in [-0.4, -0.2) is 38.4 Å². The number of phenolic OH excluding ortho intramolecular Hbond substituents is 1. The number of carbonyl (C=O) groups excluding carboxylic acids is 3. The smallest absolute Gasteiger partial charge is 0.280 e. The van der Waals surface area contributed by atoms with E-state index in [1.807, 2.05) is 0 Å². The first kappa shape index (κ1) is 26.7. The number of nitrogens with zero attached hydrogens (tertiary/aromatic N) is 4. The maximum absolute atomic E-state index is 13.2. The molecule has 0 radical (unpaired) electrons. The summed E-state index contributed by atoms with van der Waals surface area (Å²) in [7, 11) is 0. The number of aromatic nitrogens is 1. The zero-order valence-corrected chi connectivity index (χ0v) is 21.5. The third kappa shape index (κ3) is 5.07. The lowest BCUT2D eigenvalue weighted by atomic mass is 9.92. The first-order valence-corrected chi connectivity index (χ1v) is 11.7. The van der Waals surface area contributed by atoms with Gasteiger partial charge in [-0.25, -0.2) is 4.98 Å². The Morgan fingerprint density at radius 1 is 1.13 bits per heavy atom. The molecule has 2 aromatic carbocycles. The third-order valence-corrected chi connectivity index (χ3v) is 6.19. The number of hydrogen-bond donors (Lipinski definition) is 3. The van der Waals surface area contributed by atoms with E-state index in [9.17, 15) is 29.6 Å². The van der Waals surface area contributed by atoms with Crippen LogP contribution in [0.25, 0.3) is 17.2 Å². The number of rotatable bonds is 6. The molecule has 12 heteroatoms. The number of carbonyl (C=O) groups is 3. The van der Waals surface area contributed by atoms with Gasteiger partial charge in [0.05, 0.1) is 27.5 Å². The molecule has 0 aliphatic carbocycles. The molecule has 1 aliphatic heterocycles. The number of nitrogens with one attached hydrogen (secondary N) is 1. The molecule has 4 rings (SSSR count). The molecule has 0 atom stereocenters. The van der Waals surface area contributed by atoms with Crippen molar-refractivity contribution in [3.63, 3.8) is 0 Å². The second kappa shape index (κ2) is 10.2. The van der Waals surface area contributed by atoms with Crippen LogP contribution in [0.15, 0.2) is 53.1 Å². The van der Waals surface area contributed by atoms with Crippen LogP contribution < -0.4 is 16.1 Å². The van der Waals surface area contributed by atoms with Gasteiger partial charge in [0.1, 0.15) is 11.6 Å². The number of nitro benzene ring substituents is 1. The molecule has 0 spiro atoms. The average molecular weight is 529 g/mol. The lowest BCUT2D eigenvalue weighted by Gasteiger charge is -2.18. The van der Waals surface area contributed by atoms with Crippen molar-refractivity contribution < 1.29 is 24.4 Å². The molecule has 12 nitrogen and oxygen atoms in total. The number of pyridine rings is 1. The fourth-order valence-corrected chi connectivity index (χ4v) is 4.21. The summed E-state index contributed by atoms with van der Waals surface area (Å²) in [4.78, 5) is 52.1. The van der Waals surface area contributed by atoms with Crippen molar-refractivity contribution in [1.29, 1.82) is 0 Å². The highest BCUT2D eigenvalue weighted by Crippen LogP contribution is 2.39. The number of aromatic hydroxyl groups is 1. The Hall–Kier alpha value is -5.39. The summed E-state index contributed by atoms with van der Waals surface area (Å²) >= 11 is 0. The van der Waals surface area contributed by atoms with Crippen molar-refractivity contribution in [2.24, 2.45) is 10.8 Å². The molecule has 0 unspecified atom stereocenters. The molecular formula is C27H24N6O6. The van der Waals surface area contributed by atoms with Crippen LogP contribution in [0.1, 0.15) is 41.0 Å². The predicted molar refractivity (Wildman–Crippen MR) is 145 cm³/mol. The van der Waals surface area contributed by atoms with Gasteiger partial charge in [0.2, 0.25) is 5.91 Å². The van der Waals surface area contributed by atoms with E-state index in [-0.39, 0.29) is 34.0 Å². The van der Waals surface area contributed by atoms with Crippen molar-refractivity contribution in [1.82, 2.24) is 4.98 Å². The Morgan fingerprint density at radius 3 is 2.38 bits per heavy atom. The van der Waals surface area contributed by atoms with Gasteiger partial charge in [-0.3, -0.25) is 24.5 Å². The second-order valence-corrected chi connectivity index (χ2v) is 8.88. The number of nitrogens with two attached hydrogens (primary N) is 1. The van der Waals surface area contributed by atoms with Crippen molar-refractivity contribution in [3.8, 4) is 16.9 Å². The standard InChI is InChI=1S/C27H24N6O6/c1-13-14(2)29-26(30-16(4)34)24(25(28)36)23(13)21-12-17(5-10-22(21)35)11-20-15(3)31-32(27(20)37)18-6-8-19(9-7-18)33(38)39/h5-12,35H,1-4H3,(H2,28,36)(H,29,30,34). The number of aryl methyl sites for hydroxylation is 1. The van der Waals surface area contributed by atoms with E-state index in [2.05, 4.69) is 15.4 Å². The van der Waals surface area contributed by atoms with Crippen molar-refractivity contribution >= 4 is 46.7 Å². The lowest BCUT2D eigenvalue weighted by Crippen LogP contribution is -2.21. The zero-order valence-electron chi connectivity index (χ0n) is 21.5. The molecule has 1 aromatic heterocycles. The van der Waals surface area contributed by atoms with E-state index < -0.39 is 22.6 Å². The van der Waals surface area contributed by atoms with Crippen LogP contribution in [0.4, 0.5) is 17.2 Å². The fourth-order valence-electron chi connectivity index (χ4n) is 4.21. The molecule has 4 N–H and O–H groups in total. The first-order chi connectivity index (χ1) is 18.4. The van der Waals surface area contributed by atoms with Gasteiger partial charge in [-0.2, -0.15) is 10.1 Å². The Balaban J connectivity index is 1.79. The van der Waals surface area contributed by atoms with Crippen molar-refractivity contribution in [2.75, 3.05) is 10.3 Å². The highest BCUT2D eigenvalue weighted by Gasteiger charge is 2.29. The van der Waals surface area contributed by atoms with Crippen molar-refractivity contribution in [2.45, 2.75) is 27.7 Å². The van der Waals surface area contributed by atoms with Crippen LogP contribution in [-0.2, 0) is 9.59 Å². The molecule has 0 bridgehead atoms. The summed E-state index contributed by atoms with van der Waals surface area (Å²) in [6.07, 6.45) is 1.58. The van der Waals surface area contributed by atoms with Crippen LogP contribution >= 0.6 is 0 Å². The third-order valence-electron chi connectivity index (χ3n) is 6.19. The first-order valence-electron chi connectivity index (χ1n) is 11.7. The van der Waals surface area contributed by atoms with E-state index in [1.54, 1.807) is 39.0 Å². The van der Waals surface area contributed by atoms with Gasteiger partial charge in [-0.05, 0) is 62.2 Å². The largest absolute Gasteiger partial charge is 0.507 e. The summed E-state index contributed by atoms with van der Waals surface area (Å²) in [5, 5.41) is 29.7. The van der Waals surface area contributed by atoms with Gasteiger partial charge in [-0.1, -0.05) is 6.07 Å². The fraction of sp³-hybridized carbons (Fsp3) is 0.148. The predicted octanol–water partition coefficient (Wildman–Crippen LogP) is 3.84. The van der Waals surface area contributed by atoms with E-state index >= 15 is 0 Å². The molecule has 0 saturated carbocycles. The molecule has 0 saturated heterocycles. The molecule has 3 amide bonds. The maximum Gasteiger partial charge on any atom is 0.280 e. The average Bonchev–Trinajstić information content (AvgIpc) is 3.15. The SMILES string of the molecule is CC(=O)Nc1nc(C)c(C)c(-c2cc(C=C3C(=O)N(c4ccc([N+](=O)[O-])cc4)N=C3C)ccc2O)c1C(N)=O. The maximum atomic E-state index is 13.2. The van der Waals surface area contributed by atoms with Crippen LogP contribution in [0.3, 0.4) is 0 Å². The van der Waals surface area contributed by atoms with E-state index in [4.69, 9.17) is 5.73 Å². The van der Waals surface area contributed by atoms with Crippen LogP contribution in [0.5, 0.6) is 5.75 Å². The topological polar surface area (TPSA) is 181 Å². The summed E-state index contributed by atoms with van der Waals surface area (Å²) in [5.41, 5.74) is 8.67. The summed E-state index contributed by atoms with van der Waals surface area (Å²) in [5.74, 6) is -1.92. The lowest BCUT2D eigenvalue weighted by molar-refractivity contribution is -0.384. The Bertz CT molecular complexity index is 1620. The number of amides is 3. The molecule has 1 aliphatic rings. The highest BCUT2D eigenvalue weighted by molar-refractivity contribution is 6.32. The van der Waals surface area contributed by atoms with Gasteiger partial charge >= 0.3 is 0 Å². The Labute approximate surface area is 222 Å². The number of anilines is 2. The van der Waals surface area contributed by atoms with E-state index in [0.29, 0.717) is 33.8 Å². The van der Waals surface area contributed by atoms with Gasteiger partial charge < -0.3 is 16.2 Å².